The fourth-order valence-corrected chi connectivity index (χ4v) is 4.44. The molecule has 0 unspecified atom stereocenters. The fourth-order valence-electron chi connectivity index (χ4n) is 4.44. The van der Waals surface area contributed by atoms with Crippen molar-refractivity contribution in [2.24, 2.45) is 0 Å². The lowest BCUT2D eigenvalue weighted by molar-refractivity contribution is -0.131. The molecule has 0 atom stereocenters. The van der Waals surface area contributed by atoms with Crippen molar-refractivity contribution >= 4 is 17.7 Å². The summed E-state index contributed by atoms with van der Waals surface area (Å²) in [6, 6.07) is 13.6. The maximum absolute atomic E-state index is 13.4. The van der Waals surface area contributed by atoms with Gasteiger partial charge in [0.05, 0.1) is 0 Å². The highest BCUT2D eigenvalue weighted by Gasteiger charge is 2.33. The van der Waals surface area contributed by atoms with Crippen LogP contribution in [0.15, 0.2) is 62.2 Å². The first-order valence-electron chi connectivity index (χ1n) is 13.0. The number of rotatable bonds is 11. The lowest BCUT2D eigenvalue weighted by atomic mass is 9.96. The van der Waals surface area contributed by atoms with Gasteiger partial charge in [0.1, 0.15) is 17.1 Å². The summed E-state index contributed by atoms with van der Waals surface area (Å²) in [7, 11) is 0. The van der Waals surface area contributed by atoms with Crippen LogP contribution in [-0.2, 0) is 34.7 Å². The number of esters is 1. The van der Waals surface area contributed by atoms with Crippen molar-refractivity contribution < 1.29 is 38.2 Å². The molecule has 0 aliphatic rings. The van der Waals surface area contributed by atoms with Crippen LogP contribution in [0.1, 0.15) is 76.6 Å². The van der Waals surface area contributed by atoms with Crippen LogP contribution in [0.4, 0.5) is 0 Å². The average molecular weight is 563 g/mol. The molecule has 41 heavy (non-hydrogen) atoms. The minimum atomic E-state index is -1.54. The van der Waals surface area contributed by atoms with E-state index in [1.807, 2.05) is 6.92 Å². The number of benzene rings is 2. The van der Waals surface area contributed by atoms with E-state index in [2.05, 4.69) is 4.98 Å². The monoisotopic (exact) mass is 562 g/mol. The van der Waals surface area contributed by atoms with Gasteiger partial charge < -0.3 is 28.4 Å². The Kier molecular flexibility index (Phi) is 8.39. The van der Waals surface area contributed by atoms with Crippen LogP contribution in [0.3, 0.4) is 0 Å². The van der Waals surface area contributed by atoms with E-state index in [-0.39, 0.29) is 41.6 Å². The van der Waals surface area contributed by atoms with Crippen molar-refractivity contribution in [3.8, 4) is 11.1 Å². The lowest BCUT2D eigenvalue weighted by Gasteiger charge is -2.17. The number of carbonyl (C=O) groups is 3. The second kappa shape index (κ2) is 11.8. The van der Waals surface area contributed by atoms with E-state index in [4.69, 9.17) is 13.6 Å². The second-order valence-electron chi connectivity index (χ2n) is 10.0. The molecule has 4 aromatic rings. The normalized spacial score (nSPS) is 11.4. The largest absolute Gasteiger partial charge is 0.519 e. The van der Waals surface area contributed by atoms with Crippen LogP contribution in [0.5, 0.6) is 0 Å². The Morgan fingerprint density at radius 2 is 1.73 bits per heavy atom. The van der Waals surface area contributed by atoms with Crippen molar-refractivity contribution in [2.45, 2.75) is 59.3 Å². The number of Topliss-reactive ketones (excluding diaryl/α,β-unsaturated/α-hetero) is 1. The minimum Gasteiger partial charge on any atom is -0.475 e. The van der Waals surface area contributed by atoms with Crippen molar-refractivity contribution in [3.05, 3.63) is 99.0 Å². The molecule has 0 aliphatic carbocycles. The van der Waals surface area contributed by atoms with Gasteiger partial charge in [-0.05, 0) is 43.9 Å². The highest BCUT2D eigenvalue weighted by atomic mass is 16.6. The summed E-state index contributed by atoms with van der Waals surface area (Å²) in [5, 5.41) is 20.1. The van der Waals surface area contributed by atoms with Gasteiger partial charge in [-0.1, -0.05) is 55.5 Å². The van der Waals surface area contributed by atoms with Crippen LogP contribution in [-0.4, -0.2) is 37.5 Å². The third-order valence-electron chi connectivity index (χ3n) is 6.43. The van der Waals surface area contributed by atoms with Crippen molar-refractivity contribution in [2.75, 3.05) is 0 Å². The van der Waals surface area contributed by atoms with E-state index in [1.54, 1.807) is 47.0 Å². The van der Waals surface area contributed by atoms with E-state index in [0.717, 1.165) is 12.0 Å². The number of aliphatic carboxylic acids is 1. The van der Waals surface area contributed by atoms with Gasteiger partial charge in [-0.15, -0.1) is 0 Å². The first kappa shape index (κ1) is 29.2. The molecule has 2 aromatic heterocycles. The molecule has 0 aliphatic heterocycles. The predicted octanol–water partition coefficient (Wildman–Crippen LogP) is 4.26. The molecule has 0 bridgehead atoms. The quantitative estimate of drug-likeness (QED) is 0.153. The first-order valence-corrected chi connectivity index (χ1v) is 13.0. The Balaban J connectivity index is 1.70. The van der Waals surface area contributed by atoms with Crippen molar-refractivity contribution in [1.82, 2.24) is 9.55 Å². The Morgan fingerprint density at radius 1 is 1.05 bits per heavy atom. The topological polar surface area (TPSA) is 162 Å². The standard InChI is InChI=1S/C30H30N2O9/c1-5-8-23-31-26(30(3,4)38)24(28(36)39-16-22-17(2)40-29(37)41-22)32(23)15-18-11-13-19(14-12-18)20-9-6-7-10-21(20)25(33)27(34)35/h6-7,9-14,38H,5,8,15-16H2,1-4H3,(H,34,35). The molecule has 0 amide bonds. The molecule has 214 valence electrons. The van der Waals surface area contributed by atoms with Gasteiger partial charge in [0.2, 0.25) is 0 Å². The highest BCUT2D eigenvalue weighted by Crippen LogP contribution is 2.29. The number of carbonyl (C=O) groups excluding carboxylic acids is 2. The summed E-state index contributed by atoms with van der Waals surface area (Å²) < 4.78 is 16.9. The summed E-state index contributed by atoms with van der Waals surface area (Å²) in [4.78, 5) is 52.9. The van der Waals surface area contributed by atoms with Crippen LogP contribution < -0.4 is 5.82 Å². The number of hydrogen-bond donors (Lipinski definition) is 2. The number of carboxylic acid groups (broad SMARTS) is 1. The number of nitrogens with zero attached hydrogens (tertiary/aromatic N) is 2. The summed E-state index contributed by atoms with van der Waals surface area (Å²) in [6.07, 6.45) is 1.25. The molecular weight excluding hydrogens is 532 g/mol. The molecule has 0 saturated carbocycles. The minimum absolute atomic E-state index is 0.0610. The maximum Gasteiger partial charge on any atom is 0.519 e. The number of aliphatic hydroxyl groups is 1. The fraction of sp³-hybridized carbons (Fsp3) is 0.300. The van der Waals surface area contributed by atoms with Crippen molar-refractivity contribution in [1.29, 1.82) is 0 Å². The zero-order valence-electron chi connectivity index (χ0n) is 23.1. The molecule has 0 saturated heterocycles. The van der Waals surface area contributed by atoms with Crippen LogP contribution in [0.2, 0.25) is 0 Å². The lowest BCUT2D eigenvalue weighted by Crippen LogP contribution is -2.23. The summed E-state index contributed by atoms with van der Waals surface area (Å²) in [5.74, 6) is -3.37. The van der Waals surface area contributed by atoms with Gasteiger partial charge in [-0.25, -0.2) is 19.4 Å². The average Bonchev–Trinajstić information content (AvgIpc) is 3.45. The summed E-state index contributed by atoms with van der Waals surface area (Å²) in [6.45, 7) is 6.39. The third kappa shape index (κ3) is 6.36. The molecule has 11 heteroatoms. The number of ketones is 1. The highest BCUT2D eigenvalue weighted by molar-refractivity contribution is 6.41. The van der Waals surface area contributed by atoms with E-state index >= 15 is 0 Å². The Bertz CT molecular complexity index is 1650. The second-order valence-corrected chi connectivity index (χ2v) is 10.0. The van der Waals surface area contributed by atoms with E-state index in [1.165, 1.54) is 26.8 Å². The molecule has 2 N–H and O–H groups in total. The third-order valence-corrected chi connectivity index (χ3v) is 6.43. The smallest absolute Gasteiger partial charge is 0.475 e. The number of ether oxygens (including phenoxy) is 1. The van der Waals surface area contributed by atoms with E-state index in [0.29, 0.717) is 23.4 Å². The zero-order chi connectivity index (χ0) is 29.9. The van der Waals surface area contributed by atoms with Gasteiger partial charge in [-0.2, -0.15) is 0 Å². The number of hydrogen-bond acceptors (Lipinski definition) is 9. The van der Waals surface area contributed by atoms with Crippen LogP contribution >= 0.6 is 0 Å². The zero-order valence-corrected chi connectivity index (χ0v) is 23.1. The molecular formula is C30H30N2O9. The molecule has 2 heterocycles. The van der Waals surface area contributed by atoms with E-state index in [9.17, 15) is 29.4 Å². The molecule has 4 rings (SSSR count). The van der Waals surface area contributed by atoms with Gasteiger partial charge >= 0.3 is 17.8 Å². The molecule has 0 spiro atoms. The van der Waals surface area contributed by atoms with Gasteiger partial charge in [0.15, 0.2) is 23.8 Å². The predicted molar refractivity (Wildman–Crippen MR) is 146 cm³/mol. The number of carboxylic acids is 1. The Morgan fingerprint density at radius 3 is 2.32 bits per heavy atom. The summed E-state index contributed by atoms with van der Waals surface area (Å²) in [5.41, 5.74) is 0.724. The van der Waals surface area contributed by atoms with Crippen LogP contribution in [0.25, 0.3) is 11.1 Å². The Labute approximate surface area is 235 Å². The Hall–Kier alpha value is -4.77. The maximum atomic E-state index is 13.4. The van der Waals surface area contributed by atoms with Crippen molar-refractivity contribution in [3.63, 3.8) is 0 Å². The van der Waals surface area contributed by atoms with Gasteiger partial charge in [0.25, 0.3) is 5.78 Å². The molecule has 0 radical (unpaired) electrons. The number of aromatic nitrogens is 2. The number of aryl methyl sites for hydroxylation is 2. The molecule has 0 fully saturated rings. The van der Waals surface area contributed by atoms with Gasteiger partial charge in [-0.3, -0.25) is 4.79 Å². The molecule has 2 aromatic carbocycles. The number of imidazole rings is 1. The SMILES string of the molecule is CCCc1nc(C(C)(C)O)c(C(=O)OCc2oc(=O)oc2C)n1Cc1ccc(-c2ccccc2C(=O)C(=O)O)cc1. The van der Waals surface area contributed by atoms with Crippen LogP contribution in [0, 0.1) is 6.92 Å². The first-order chi connectivity index (χ1) is 19.4. The molecule has 11 nitrogen and oxygen atoms in total. The van der Waals surface area contributed by atoms with Gasteiger partial charge in [0, 0.05) is 18.5 Å². The summed E-state index contributed by atoms with van der Waals surface area (Å²) >= 11 is 0. The van der Waals surface area contributed by atoms with E-state index < -0.39 is 29.1 Å².